The van der Waals surface area contributed by atoms with E-state index in [0.717, 1.165) is 44.2 Å². The number of halogens is 1. The first-order chi connectivity index (χ1) is 13.1. The van der Waals surface area contributed by atoms with E-state index in [9.17, 15) is 5.11 Å². The molecule has 0 bridgehead atoms. The van der Waals surface area contributed by atoms with E-state index >= 15 is 0 Å². The van der Waals surface area contributed by atoms with Crippen molar-refractivity contribution in [2.24, 2.45) is 0 Å². The van der Waals surface area contributed by atoms with Crippen LogP contribution in [-0.2, 0) is 21.4 Å². The van der Waals surface area contributed by atoms with Crippen LogP contribution in [0.2, 0.25) is 0 Å². The summed E-state index contributed by atoms with van der Waals surface area (Å²) < 4.78 is 11.8. The summed E-state index contributed by atoms with van der Waals surface area (Å²) in [5.41, 5.74) is 3.63. The predicted octanol–water partition coefficient (Wildman–Crippen LogP) is 4.47. The van der Waals surface area contributed by atoms with E-state index in [1.165, 1.54) is 11.1 Å². The van der Waals surface area contributed by atoms with Crippen LogP contribution < -0.4 is 5.32 Å². The zero-order valence-corrected chi connectivity index (χ0v) is 17.3. The maximum Gasteiger partial charge on any atom is 0.168 e. The quantitative estimate of drug-likeness (QED) is 0.773. The molecule has 0 radical (unpaired) electrons. The van der Waals surface area contributed by atoms with Crippen molar-refractivity contribution in [1.29, 1.82) is 0 Å². The third kappa shape index (κ3) is 4.52. The van der Waals surface area contributed by atoms with Crippen LogP contribution in [0.4, 0.5) is 0 Å². The van der Waals surface area contributed by atoms with Crippen molar-refractivity contribution in [2.75, 3.05) is 19.8 Å². The molecule has 152 valence electrons. The van der Waals surface area contributed by atoms with E-state index < -0.39 is 0 Å². The SMILES string of the molecule is Cc1ccc(CCNC2(c3cccc(O)c3)CCC3(CC2)OCCO3)cc1.Cl. The summed E-state index contributed by atoms with van der Waals surface area (Å²) >= 11 is 0. The smallest absolute Gasteiger partial charge is 0.168 e. The summed E-state index contributed by atoms with van der Waals surface area (Å²) in [5.74, 6) is -0.0697. The maximum atomic E-state index is 10.0. The summed E-state index contributed by atoms with van der Waals surface area (Å²) in [6.45, 7) is 4.40. The van der Waals surface area contributed by atoms with Crippen molar-refractivity contribution < 1.29 is 14.6 Å². The Labute approximate surface area is 173 Å². The lowest BCUT2D eigenvalue weighted by Gasteiger charge is -2.45. The molecule has 4 nitrogen and oxygen atoms in total. The molecule has 1 aliphatic carbocycles. The number of benzene rings is 2. The van der Waals surface area contributed by atoms with Gasteiger partial charge in [-0.15, -0.1) is 12.4 Å². The highest BCUT2D eigenvalue weighted by Gasteiger charge is 2.46. The normalized spacial score (nSPS) is 20.0. The number of aryl methyl sites for hydroxylation is 1. The highest BCUT2D eigenvalue weighted by molar-refractivity contribution is 5.85. The predicted molar refractivity (Wildman–Crippen MR) is 113 cm³/mol. The number of ether oxygens (including phenoxy) is 2. The summed E-state index contributed by atoms with van der Waals surface area (Å²) in [7, 11) is 0. The first kappa shape index (κ1) is 21.1. The van der Waals surface area contributed by atoms with Crippen LogP contribution in [-0.4, -0.2) is 30.7 Å². The topological polar surface area (TPSA) is 50.7 Å². The number of rotatable bonds is 5. The fraction of sp³-hybridized carbons (Fsp3) is 0.478. The van der Waals surface area contributed by atoms with Gasteiger partial charge in [-0.1, -0.05) is 42.0 Å². The minimum Gasteiger partial charge on any atom is -0.508 e. The monoisotopic (exact) mass is 403 g/mol. The van der Waals surface area contributed by atoms with Crippen LogP contribution >= 0.6 is 12.4 Å². The van der Waals surface area contributed by atoms with Gasteiger partial charge < -0.3 is 19.9 Å². The Hall–Kier alpha value is -1.59. The lowest BCUT2D eigenvalue weighted by atomic mass is 9.74. The Bertz CT molecular complexity index is 762. The lowest BCUT2D eigenvalue weighted by molar-refractivity contribution is -0.187. The van der Waals surface area contributed by atoms with Crippen LogP contribution in [0.25, 0.3) is 0 Å². The van der Waals surface area contributed by atoms with Crippen LogP contribution in [0.5, 0.6) is 5.75 Å². The molecule has 1 heterocycles. The molecule has 0 amide bonds. The van der Waals surface area contributed by atoms with Crippen molar-refractivity contribution in [3.63, 3.8) is 0 Å². The molecule has 0 aromatic heterocycles. The van der Waals surface area contributed by atoms with Gasteiger partial charge in [0.05, 0.1) is 13.2 Å². The van der Waals surface area contributed by atoms with E-state index in [-0.39, 0.29) is 23.7 Å². The molecule has 2 fully saturated rings. The van der Waals surface area contributed by atoms with Gasteiger partial charge in [0, 0.05) is 18.4 Å². The molecule has 5 heteroatoms. The highest BCUT2D eigenvalue weighted by atomic mass is 35.5. The molecule has 2 N–H and O–H groups in total. The molecule has 28 heavy (non-hydrogen) atoms. The summed E-state index contributed by atoms with van der Waals surface area (Å²) in [5, 5.41) is 13.8. The van der Waals surface area contributed by atoms with Gasteiger partial charge in [0.25, 0.3) is 0 Å². The van der Waals surface area contributed by atoms with Gasteiger partial charge in [-0.05, 0) is 56.0 Å². The molecule has 0 atom stereocenters. The molecule has 0 unspecified atom stereocenters. The number of phenolic OH excluding ortho intramolecular Hbond substituents is 1. The average Bonchev–Trinajstić information content (AvgIpc) is 3.14. The van der Waals surface area contributed by atoms with Gasteiger partial charge in [-0.2, -0.15) is 0 Å². The zero-order chi connectivity index (χ0) is 18.7. The van der Waals surface area contributed by atoms with Crippen LogP contribution in [0.1, 0.15) is 42.4 Å². The third-order valence-electron chi connectivity index (χ3n) is 6.08. The number of phenols is 1. The molecule has 4 rings (SSSR count). The Morgan fingerprint density at radius 1 is 0.964 bits per heavy atom. The second-order valence-corrected chi connectivity index (χ2v) is 7.90. The molecule has 1 saturated carbocycles. The molecule has 1 spiro atoms. The minimum atomic E-state index is -0.390. The van der Waals surface area contributed by atoms with Gasteiger partial charge in [-0.25, -0.2) is 0 Å². The zero-order valence-electron chi connectivity index (χ0n) is 16.4. The van der Waals surface area contributed by atoms with Gasteiger partial charge in [0.1, 0.15) is 5.75 Å². The average molecular weight is 404 g/mol. The standard InChI is InChI=1S/C23H29NO3.ClH/c1-18-5-7-19(8-6-18)9-14-24-22(20-3-2-4-21(25)17-20)10-12-23(13-11-22)26-15-16-27-23;/h2-8,17,24-25H,9-16H2,1H3;1H. The van der Waals surface area contributed by atoms with Gasteiger partial charge in [-0.3, -0.25) is 0 Å². The third-order valence-corrected chi connectivity index (χ3v) is 6.08. The minimum absolute atomic E-state index is 0. The van der Waals surface area contributed by atoms with Gasteiger partial charge in [0.15, 0.2) is 5.79 Å². The molecule has 2 aliphatic rings. The first-order valence-corrected chi connectivity index (χ1v) is 9.97. The van der Waals surface area contributed by atoms with E-state index in [4.69, 9.17) is 9.47 Å². The molecule has 1 aliphatic heterocycles. The van der Waals surface area contributed by atoms with Gasteiger partial charge in [0.2, 0.25) is 0 Å². The molecule has 1 saturated heterocycles. The molecule has 2 aromatic carbocycles. The number of hydrogen-bond donors (Lipinski definition) is 2. The fourth-order valence-electron chi connectivity index (χ4n) is 4.42. The lowest BCUT2D eigenvalue weighted by Crippen LogP contribution is -2.50. The molecular formula is C23H30ClNO3. The van der Waals surface area contributed by atoms with Gasteiger partial charge >= 0.3 is 0 Å². The summed E-state index contributed by atoms with van der Waals surface area (Å²) in [6.07, 6.45) is 4.61. The van der Waals surface area contributed by atoms with Crippen molar-refractivity contribution in [3.8, 4) is 5.75 Å². The van der Waals surface area contributed by atoms with Crippen molar-refractivity contribution in [1.82, 2.24) is 5.32 Å². The second kappa shape index (κ2) is 8.83. The van der Waals surface area contributed by atoms with Crippen molar-refractivity contribution in [3.05, 3.63) is 65.2 Å². The molecule has 2 aromatic rings. The Morgan fingerprint density at radius 2 is 1.64 bits per heavy atom. The number of hydrogen-bond acceptors (Lipinski definition) is 4. The van der Waals surface area contributed by atoms with Crippen molar-refractivity contribution in [2.45, 2.75) is 50.4 Å². The maximum absolute atomic E-state index is 10.0. The largest absolute Gasteiger partial charge is 0.508 e. The van der Waals surface area contributed by atoms with E-state index in [1.54, 1.807) is 6.07 Å². The van der Waals surface area contributed by atoms with Crippen molar-refractivity contribution >= 4 is 12.4 Å². The van der Waals surface area contributed by atoms with E-state index in [0.29, 0.717) is 19.0 Å². The number of nitrogens with one attached hydrogen (secondary N) is 1. The van der Waals surface area contributed by atoms with Crippen LogP contribution in [0.15, 0.2) is 48.5 Å². The van der Waals surface area contributed by atoms with Crippen LogP contribution in [0.3, 0.4) is 0 Å². The Morgan fingerprint density at radius 3 is 2.29 bits per heavy atom. The highest BCUT2D eigenvalue weighted by Crippen LogP contribution is 2.45. The first-order valence-electron chi connectivity index (χ1n) is 9.97. The Kier molecular flexibility index (Phi) is 6.66. The van der Waals surface area contributed by atoms with E-state index in [2.05, 4.69) is 42.6 Å². The summed E-state index contributed by atoms with van der Waals surface area (Å²) in [6, 6.07) is 16.4. The fourth-order valence-corrected chi connectivity index (χ4v) is 4.42. The summed E-state index contributed by atoms with van der Waals surface area (Å²) in [4.78, 5) is 0. The second-order valence-electron chi connectivity index (χ2n) is 7.90. The van der Waals surface area contributed by atoms with E-state index in [1.807, 2.05) is 12.1 Å². The molecular weight excluding hydrogens is 374 g/mol. The number of aromatic hydroxyl groups is 1. The van der Waals surface area contributed by atoms with Crippen LogP contribution in [0, 0.1) is 6.92 Å². The Balaban J connectivity index is 0.00000225.